The van der Waals surface area contributed by atoms with Crippen LogP contribution in [0.15, 0.2) is 30.3 Å². The number of benzene rings is 1. The van der Waals surface area contributed by atoms with Crippen molar-refractivity contribution in [2.75, 3.05) is 45.9 Å². The van der Waals surface area contributed by atoms with Gasteiger partial charge in [0, 0.05) is 45.2 Å². The molecule has 30 heavy (non-hydrogen) atoms. The molecule has 1 N–H and O–H groups in total. The minimum atomic E-state index is -0.0215. The molecule has 0 spiro atoms. The van der Waals surface area contributed by atoms with Gasteiger partial charge in [0.1, 0.15) is 0 Å². The summed E-state index contributed by atoms with van der Waals surface area (Å²) in [5, 5.41) is 3.29. The van der Waals surface area contributed by atoms with Gasteiger partial charge in [0.05, 0.1) is 18.6 Å². The summed E-state index contributed by atoms with van der Waals surface area (Å²) in [6.07, 6.45) is 1.71. The molecule has 164 valence electrons. The molecular weight excluding hydrogens is 378 g/mol. The third-order valence-corrected chi connectivity index (χ3v) is 6.92. The summed E-state index contributed by atoms with van der Waals surface area (Å²) in [5.41, 5.74) is 1.16. The Morgan fingerprint density at radius 3 is 2.40 bits per heavy atom. The number of nitrogens with one attached hydrogen (secondary N) is 1. The average Bonchev–Trinajstić information content (AvgIpc) is 3.47. The van der Waals surface area contributed by atoms with Crippen molar-refractivity contribution in [3.8, 4) is 0 Å². The van der Waals surface area contributed by atoms with Gasteiger partial charge in [0.2, 0.25) is 11.8 Å². The highest BCUT2D eigenvalue weighted by molar-refractivity contribution is 5.79. The molecule has 0 radical (unpaired) electrons. The fourth-order valence-electron chi connectivity index (χ4n) is 5.17. The summed E-state index contributed by atoms with van der Waals surface area (Å²) in [6.45, 7) is 10.1. The Bertz CT molecular complexity index is 718. The first-order valence-corrected chi connectivity index (χ1v) is 11.5. The maximum absolute atomic E-state index is 12.7. The minimum Gasteiger partial charge on any atom is -0.381 e. The lowest BCUT2D eigenvalue weighted by molar-refractivity contribution is -0.133. The van der Waals surface area contributed by atoms with Gasteiger partial charge in [-0.1, -0.05) is 44.2 Å². The summed E-state index contributed by atoms with van der Waals surface area (Å²) >= 11 is 0. The van der Waals surface area contributed by atoms with E-state index in [9.17, 15) is 9.59 Å². The molecule has 0 aromatic heterocycles. The van der Waals surface area contributed by atoms with Crippen molar-refractivity contribution in [3.05, 3.63) is 35.9 Å². The van der Waals surface area contributed by atoms with E-state index in [1.54, 1.807) is 0 Å². The number of hydrogen-bond donors (Lipinski definition) is 1. The van der Waals surface area contributed by atoms with Crippen LogP contribution in [0.1, 0.15) is 38.3 Å². The number of nitrogens with zero attached hydrogens (tertiary/aromatic N) is 2. The second kappa shape index (κ2) is 9.48. The van der Waals surface area contributed by atoms with Crippen LogP contribution in [0.4, 0.5) is 0 Å². The molecule has 3 heterocycles. The Morgan fingerprint density at radius 2 is 1.80 bits per heavy atom. The predicted octanol–water partition coefficient (Wildman–Crippen LogP) is 2.32. The molecule has 3 aliphatic rings. The van der Waals surface area contributed by atoms with Crippen molar-refractivity contribution < 1.29 is 14.3 Å². The number of carbonyl (C=O) groups excluding carboxylic acids is 2. The van der Waals surface area contributed by atoms with Crippen molar-refractivity contribution in [3.63, 3.8) is 0 Å². The third-order valence-electron chi connectivity index (χ3n) is 6.92. The Hall–Kier alpha value is -1.92. The molecule has 0 aliphatic carbocycles. The molecule has 3 unspecified atom stereocenters. The molecule has 4 atom stereocenters. The molecule has 3 aliphatic heterocycles. The van der Waals surface area contributed by atoms with Gasteiger partial charge in [-0.3, -0.25) is 9.59 Å². The molecule has 2 amide bonds. The van der Waals surface area contributed by atoms with E-state index in [1.165, 1.54) is 0 Å². The van der Waals surface area contributed by atoms with Gasteiger partial charge in [0.25, 0.3) is 0 Å². The van der Waals surface area contributed by atoms with Crippen LogP contribution in [0.5, 0.6) is 0 Å². The number of amides is 2. The summed E-state index contributed by atoms with van der Waals surface area (Å²) in [5.74, 6) is 1.65. The number of ether oxygens (including phenoxy) is 1. The lowest BCUT2D eigenvalue weighted by Gasteiger charge is -2.26. The normalized spacial score (nSPS) is 27.4. The van der Waals surface area contributed by atoms with E-state index in [0.29, 0.717) is 31.0 Å². The summed E-state index contributed by atoms with van der Waals surface area (Å²) in [7, 11) is 0. The zero-order valence-corrected chi connectivity index (χ0v) is 18.3. The summed E-state index contributed by atoms with van der Waals surface area (Å²) in [4.78, 5) is 29.6. The van der Waals surface area contributed by atoms with Crippen LogP contribution in [0.25, 0.3) is 0 Å². The van der Waals surface area contributed by atoms with Crippen LogP contribution in [0.3, 0.4) is 0 Å². The Balaban J connectivity index is 1.31. The maximum Gasteiger partial charge on any atom is 0.226 e. The standard InChI is InChI=1S/C24H35N3O3/c1-17(2)24(29)27-14-20-12-26(13-21(20)15-27)10-8-22(18-6-4-3-5-7-18)25-23(28)19-9-11-30-16-19/h3-7,17,19-22H,8-16H2,1-2H3,(H,25,28)/t19?,20-,21?,22?/m0/s1. The zero-order valence-electron chi connectivity index (χ0n) is 18.3. The molecule has 1 aromatic rings. The van der Waals surface area contributed by atoms with Gasteiger partial charge in [-0.05, 0) is 30.2 Å². The lowest BCUT2D eigenvalue weighted by atomic mass is 10.0. The number of hydrogen-bond acceptors (Lipinski definition) is 4. The number of rotatable bonds is 7. The molecule has 6 heteroatoms. The van der Waals surface area contributed by atoms with E-state index in [1.807, 2.05) is 32.0 Å². The Morgan fingerprint density at radius 1 is 1.10 bits per heavy atom. The van der Waals surface area contributed by atoms with E-state index < -0.39 is 0 Å². The highest BCUT2D eigenvalue weighted by atomic mass is 16.5. The average molecular weight is 414 g/mol. The third kappa shape index (κ3) is 4.86. The van der Waals surface area contributed by atoms with Crippen LogP contribution in [0, 0.1) is 23.7 Å². The van der Waals surface area contributed by atoms with E-state index in [4.69, 9.17) is 4.74 Å². The topological polar surface area (TPSA) is 61.9 Å². The second-order valence-corrected chi connectivity index (χ2v) is 9.50. The molecule has 3 fully saturated rings. The van der Waals surface area contributed by atoms with E-state index >= 15 is 0 Å². The van der Waals surface area contributed by atoms with Gasteiger partial charge < -0.3 is 19.9 Å². The quantitative estimate of drug-likeness (QED) is 0.745. The van der Waals surface area contributed by atoms with Gasteiger partial charge >= 0.3 is 0 Å². The number of carbonyl (C=O) groups is 2. The summed E-state index contributed by atoms with van der Waals surface area (Å²) in [6, 6.07) is 10.3. The number of likely N-dealkylation sites (tertiary alicyclic amines) is 2. The molecule has 3 saturated heterocycles. The van der Waals surface area contributed by atoms with Crippen molar-refractivity contribution in [1.29, 1.82) is 0 Å². The maximum atomic E-state index is 12.7. The van der Waals surface area contributed by atoms with Gasteiger partial charge in [0.15, 0.2) is 0 Å². The van der Waals surface area contributed by atoms with Crippen molar-refractivity contribution in [1.82, 2.24) is 15.1 Å². The van der Waals surface area contributed by atoms with E-state index in [0.717, 1.165) is 51.1 Å². The van der Waals surface area contributed by atoms with E-state index in [-0.39, 0.29) is 23.8 Å². The fourth-order valence-corrected chi connectivity index (χ4v) is 5.17. The smallest absolute Gasteiger partial charge is 0.226 e. The Kier molecular flexibility index (Phi) is 6.74. The Labute approximate surface area is 179 Å². The monoisotopic (exact) mass is 413 g/mol. The SMILES string of the molecule is CC(C)C(=O)N1CC2CN(CCC(NC(=O)C3CCOC3)c3ccccc3)C[C@H]2C1. The molecule has 1 aromatic carbocycles. The van der Waals surface area contributed by atoms with Crippen LogP contribution in [-0.2, 0) is 14.3 Å². The number of fused-ring (bicyclic) bond motifs is 1. The van der Waals surface area contributed by atoms with Crippen LogP contribution >= 0.6 is 0 Å². The zero-order chi connectivity index (χ0) is 21.1. The van der Waals surface area contributed by atoms with Crippen molar-refractivity contribution >= 4 is 11.8 Å². The van der Waals surface area contributed by atoms with Crippen LogP contribution < -0.4 is 5.32 Å². The largest absolute Gasteiger partial charge is 0.381 e. The van der Waals surface area contributed by atoms with Crippen molar-refractivity contribution in [2.24, 2.45) is 23.7 Å². The molecule has 4 rings (SSSR count). The molecule has 0 saturated carbocycles. The first-order chi connectivity index (χ1) is 14.5. The van der Waals surface area contributed by atoms with Crippen LogP contribution in [0.2, 0.25) is 0 Å². The molecule has 6 nitrogen and oxygen atoms in total. The lowest BCUT2D eigenvalue weighted by Crippen LogP contribution is -2.38. The fraction of sp³-hybridized carbons (Fsp3) is 0.667. The van der Waals surface area contributed by atoms with Crippen molar-refractivity contribution in [2.45, 2.75) is 32.7 Å². The highest BCUT2D eigenvalue weighted by Crippen LogP contribution is 2.32. The minimum absolute atomic E-state index is 0.0215. The second-order valence-electron chi connectivity index (χ2n) is 9.50. The van der Waals surface area contributed by atoms with Gasteiger partial charge in [-0.2, -0.15) is 0 Å². The van der Waals surface area contributed by atoms with Gasteiger partial charge in [-0.25, -0.2) is 0 Å². The summed E-state index contributed by atoms with van der Waals surface area (Å²) < 4.78 is 5.39. The molecular formula is C24H35N3O3. The first kappa shape index (κ1) is 21.3. The highest BCUT2D eigenvalue weighted by Gasteiger charge is 2.41. The predicted molar refractivity (Wildman–Crippen MR) is 116 cm³/mol. The molecule has 0 bridgehead atoms. The van der Waals surface area contributed by atoms with Gasteiger partial charge in [-0.15, -0.1) is 0 Å². The van der Waals surface area contributed by atoms with E-state index in [2.05, 4.69) is 27.2 Å². The first-order valence-electron chi connectivity index (χ1n) is 11.5. The van der Waals surface area contributed by atoms with Crippen LogP contribution in [-0.4, -0.2) is 67.6 Å².